The molecule has 0 saturated carbocycles. The predicted octanol–water partition coefficient (Wildman–Crippen LogP) is 2.61. The zero-order chi connectivity index (χ0) is 12.6. The molecule has 1 N–H and O–H groups in total. The van der Waals surface area contributed by atoms with Gasteiger partial charge in [0, 0.05) is 12.5 Å². The SMILES string of the molecule is CC(=O)c1c(C)nc(-c2ccc(C)cc2)n1O. The summed E-state index contributed by atoms with van der Waals surface area (Å²) in [5, 5.41) is 9.94. The van der Waals surface area contributed by atoms with Gasteiger partial charge in [-0.1, -0.05) is 29.8 Å². The average Bonchev–Trinajstić information content (AvgIpc) is 2.55. The molecule has 1 aromatic heterocycles. The lowest BCUT2D eigenvalue weighted by Gasteiger charge is -2.02. The van der Waals surface area contributed by atoms with E-state index in [2.05, 4.69) is 4.98 Å². The van der Waals surface area contributed by atoms with Crippen molar-refractivity contribution in [3.05, 3.63) is 41.2 Å². The summed E-state index contributed by atoms with van der Waals surface area (Å²) in [4.78, 5) is 15.6. The molecule has 0 bridgehead atoms. The monoisotopic (exact) mass is 230 g/mol. The molecule has 0 spiro atoms. The van der Waals surface area contributed by atoms with E-state index in [1.54, 1.807) is 6.92 Å². The fourth-order valence-electron chi connectivity index (χ4n) is 1.81. The molecule has 88 valence electrons. The maximum Gasteiger partial charge on any atom is 0.181 e. The first-order chi connectivity index (χ1) is 8.00. The van der Waals surface area contributed by atoms with E-state index in [9.17, 15) is 10.0 Å². The second-order valence-corrected chi connectivity index (χ2v) is 4.10. The van der Waals surface area contributed by atoms with Gasteiger partial charge in [0.25, 0.3) is 0 Å². The first-order valence-corrected chi connectivity index (χ1v) is 5.37. The Morgan fingerprint density at radius 1 is 1.24 bits per heavy atom. The summed E-state index contributed by atoms with van der Waals surface area (Å²) in [5.74, 6) is 0.198. The number of aryl methyl sites for hydroxylation is 2. The fraction of sp³-hybridized carbons (Fsp3) is 0.231. The van der Waals surface area contributed by atoms with Gasteiger partial charge in [0.15, 0.2) is 11.6 Å². The molecule has 4 heteroatoms. The highest BCUT2D eigenvalue weighted by atomic mass is 16.5. The van der Waals surface area contributed by atoms with Crippen LogP contribution in [0.5, 0.6) is 0 Å². The second-order valence-electron chi connectivity index (χ2n) is 4.10. The summed E-state index contributed by atoms with van der Waals surface area (Å²) in [6.45, 7) is 5.11. The van der Waals surface area contributed by atoms with Crippen molar-refractivity contribution in [3.63, 3.8) is 0 Å². The summed E-state index contributed by atoms with van der Waals surface area (Å²) >= 11 is 0. The zero-order valence-corrected chi connectivity index (χ0v) is 10.1. The topological polar surface area (TPSA) is 55.1 Å². The maximum absolute atomic E-state index is 11.4. The lowest BCUT2D eigenvalue weighted by atomic mass is 10.1. The number of hydrogen-bond acceptors (Lipinski definition) is 3. The quantitative estimate of drug-likeness (QED) is 0.637. The van der Waals surface area contributed by atoms with E-state index in [1.165, 1.54) is 6.92 Å². The number of ketones is 1. The van der Waals surface area contributed by atoms with Crippen molar-refractivity contribution >= 4 is 5.78 Å². The van der Waals surface area contributed by atoms with Gasteiger partial charge in [0.1, 0.15) is 5.69 Å². The first-order valence-electron chi connectivity index (χ1n) is 5.37. The van der Waals surface area contributed by atoms with Gasteiger partial charge in [0.05, 0.1) is 5.69 Å². The van der Waals surface area contributed by atoms with Crippen molar-refractivity contribution in [2.75, 3.05) is 0 Å². The fourth-order valence-corrected chi connectivity index (χ4v) is 1.81. The Balaban J connectivity index is 2.57. The van der Waals surface area contributed by atoms with E-state index in [4.69, 9.17) is 0 Å². The number of aromatic nitrogens is 2. The molecular formula is C13H14N2O2. The van der Waals surface area contributed by atoms with Crippen LogP contribution in [0.3, 0.4) is 0 Å². The number of imidazole rings is 1. The Labute approximate surface area is 99.5 Å². The number of rotatable bonds is 2. The molecule has 2 aromatic rings. The van der Waals surface area contributed by atoms with Gasteiger partial charge in [-0.3, -0.25) is 4.79 Å². The molecule has 0 saturated heterocycles. The van der Waals surface area contributed by atoms with Crippen molar-refractivity contribution in [1.82, 2.24) is 9.71 Å². The Kier molecular flexibility index (Phi) is 2.71. The summed E-state index contributed by atoms with van der Waals surface area (Å²) in [7, 11) is 0. The smallest absolute Gasteiger partial charge is 0.181 e. The lowest BCUT2D eigenvalue weighted by molar-refractivity contribution is 0.0965. The maximum atomic E-state index is 11.4. The molecule has 0 unspecified atom stereocenters. The van der Waals surface area contributed by atoms with Gasteiger partial charge in [0.2, 0.25) is 0 Å². The summed E-state index contributed by atoms with van der Waals surface area (Å²) in [6, 6.07) is 7.61. The van der Waals surface area contributed by atoms with Crippen LogP contribution in [0.25, 0.3) is 11.4 Å². The van der Waals surface area contributed by atoms with Gasteiger partial charge in [-0.15, -0.1) is 0 Å². The van der Waals surface area contributed by atoms with Crippen molar-refractivity contribution in [3.8, 4) is 11.4 Å². The van der Waals surface area contributed by atoms with E-state index < -0.39 is 0 Å². The number of carbonyl (C=O) groups is 1. The number of benzene rings is 1. The number of nitrogens with zero attached hydrogens (tertiary/aromatic N) is 2. The van der Waals surface area contributed by atoms with Gasteiger partial charge in [-0.2, -0.15) is 4.73 Å². The van der Waals surface area contributed by atoms with Gasteiger partial charge in [-0.25, -0.2) is 4.98 Å². The molecule has 0 fully saturated rings. The van der Waals surface area contributed by atoms with E-state index in [0.717, 1.165) is 15.9 Å². The van der Waals surface area contributed by atoms with Crippen molar-refractivity contribution in [2.45, 2.75) is 20.8 Å². The molecule has 0 aliphatic heterocycles. The highest BCUT2D eigenvalue weighted by Crippen LogP contribution is 2.21. The molecule has 0 amide bonds. The van der Waals surface area contributed by atoms with Crippen LogP contribution in [-0.4, -0.2) is 20.7 Å². The van der Waals surface area contributed by atoms with Crippen LogP contribution in [0.1, 0.15) is 28.7 Å². The van der Waals surface area contributed by atoms with Crippen LogP contribution in [0, 0.1) is 13.8 Å². The third-order valence-electron chi connectivity index (χ3n) is 2.67. The highest BCUT2D eigenvalue weighted by Gasteiger charge is 2.18. The standard InChI is InChI=1S/C13H14N2O2/c1-8-4-6-11(7-5-8)13-14-9(2)12(10(3)16)15(13)17/h4-7,17H,1-3H3. The van der Waals surface area contributed by atoms with Crippen molar-refractivity contribution < 1.29 is 10.0 Å². The van der Waals surface area contributed by atoms with Gasteiger partial charge < -0.3 is 5.21 Å². The lowest BCUT2D eigenvalue weighted by Crippen LogP contribution is -2.05. The summed E-state index contributed by atoms with van der Waals surface area (Å²) < 4.78 is 0.863. The summed E-state index contributed by atoms with van der Waals surface area (Å²) in [5.41, 5.74) is 2.69. The summed E-state index contributed by atoms with van der Waals surface area (Å²) in [6.07, 6.45) is 0. The van der Waals surface area contributed by atoms with Crippen LogP contribution in [-0.2, 0) is 0 Å². The number of hydrogen-bond donors (Lipinski definition) is 1. The largest absolute Gasteiger partial charge is 0.426 e. The molecule has 0 aliphatic carbocycles. The van der Waals surface area contributed by atoms with E-state index in [-0.39, 0.29) is 11.5 Å². The average molecular weight is 230 g/mol. The zero-order valence-electron chi connectivity index (χ0n) is 10.1. The van der Waals surface area contributed by atoms with E-state index in [0.29, 0.717) is 11.5 Å². The minimum Gasteiger partial charge on any atom is -0.426 e. The third-order valence-corrected chi connectivity index (χ3v) is 2.67. The molecule has 0 atom stereocenters. The Bertz CT molecular complexity index is 568. The second kappa shape index (κ2) is 4.05. The third kappa shape index (κ3) is 1.93. The van der Waals surface area contributed by atoms with Gasteiger partial charge >= 0.3 is 0 Å². The van der Waals surface area contributed by atoms with Crippen LogP contribution >= 0.6 is 0 Å². The molecule has 4 nitrogen and oxygen atoms in total. The Morgan fingerprint density at radius 3 is 2.29 bits per heavy atom. The minimum absolute atomic E-state index is 0.198. The molecule has 1 heterocycles. The Hall–Kier alpha value is -2.10. The molecule has 1 aromatic carbocycles. The van der Waals surface area contributed by atoms with Crippen LogP contribution in [0.4, 0.5) is 0 Å². The predicted molar refractivity (Wildman–Crippen MR) is 64.3 cm³/mol. The highest BCUT2D eigenvalue weighted by molar-refractivity contribution is 5.94. The molecule has 17 heavy (non-hydrogen) atoms. The Morgan fingerprint density at radius 2 is 1.82 bits per heavy atom. The molecule has 0 aliphatic rings. The molecule has 0 radical (unpaired) electrons. The molecule has 2 rings (SSSR count). The van der Waals surface area contributed by atoms with Gasteiger partial charge in [-0.05, 0) is 13.8 Å². The van der Waals surface area contributed by atoms with Crippen LogP contribution < -0.4 is 0 Å². The van der Waals surface area contributed by atoms with Crippen molar-refractivity contribution in [2.24, 2.45) is 0 Å². The van der Waals surface area contributed by atoms with E-state index in [1.807, 2.05) is 31.2 Å². The molecular weight excluding hydrogens is 216 g/mol. The van der Waals surface area contributed by atoms with Crippen LogP contribution in [0.15, 0.2) is 24.3 Å². The number of Topliss-reactive ketones (excluding diaryl/α,β-unsaturated/α-hetero) is 1. The normalized spacial score (nSPS) is 10.5. The number of carbonyl (C=O) groups excluding carboxylic acids is 1. The first kappa shape index (κ1) is 11.4. The minimum atomic E-state index is -0.198. The van der Waals surface area contributed by atoms with E-state index >= 15 is 0 Å². The van der Waals surface area contributed by atoms with Crippen molar-refractivity contribution in [1.29, 1.82) is 0 Å². The van der Waals surface area contributed by atoms with Crippen LogP contribution in [0.2, 0.25) is 0 Å².